The molecule has 2 atom stereocenters. The van der Waals surface area contributed by atoms with Gasteiger partial charge in [-0.2, -0.15) is 0 Å². The molecule has 0 bridgehead atoms. The zero-order chi connectivity index (χ0) is 15.0. The lowest BCUT2D eigenvalue weighted by atomic mass is 9.67. The van der Waals surface area contributed by atoms with Crippen molar-refractivity contribution in [3.8, 4) is 0 Å². The van der Waals surface area contributed by atoms with Gasteiger partial charge in [-0.1, -0.05) is 6.08 Å². The molecule has 0 aliphatic heterocycles. The van der Waals surface area contributed by atoms with Crippen LogP contribution in [0.1, 0.15) is 32.1 Å². The normalized spacial score (nSPS) is 31.3. The minimum atomic E-state index is -1.30. The van der Waals surface area contributed by atoms with Gasteiger partial charge in [-0.3, -0.25) is 14.4 Å². The molecular formula is C15H20O5. The predicted molar refractivity (Wildman–Crippen MR) is 70.7 cm³/mol. The van der Waals surface area contributed by atoms with Gasteiger partial charge in [0.25, 0.3) is 0 Å². The van der Waals surface area contributed by atoms with Crippen molar-refractivity contribution in [1.82, 2.24) is 0 Å². The van der Waals surface area contributed by atoms with Gasteiger partial charge < -0.3 is 9.47 Å². The number of ketones is 1. The maximum absolute atomic E-state index is 12.2. The first-order valence-electron chi connectivity index (χ1n) is 6.76. The maximum Gasteiger partial charge on any atom is 0.323 e. The number of ether oxygens (including phenoxy) is 2. The molecule has 110 valence electrons. The number of carbonyl (C=O) groups is 3. The van der Waals surface area contributed by atoms with E-state index in [2.05, 4.69) is 6.58 Å². The lowest BCUT2D eigenvalue weighted by Crippen LogP contribution is -2.40. The molecule has 5 nitrogen and oxygen atoms in total. The van der Waals surface area contributed by atoms with E-state index in [0.29, 0.717) is 32.1 Å². The van der Waals surface area contributed by atoms with E-state index in [1.54, 1.807) is 6.08 Å². The summed E-state index contributed by atoms with van der Waals surface area (Å²) in [6.45, 7) is 3.86. The van der Waals surface area contributed by atoms with Gasteiger partial charge in [-0.15, -0.1) is 6.58 Å². The van der Waals surface area contributed by atoms with Gasteiger partial charge >= 0.3 is 11.9 Å². The van der Waals surface area contributed by atoms with Gasteiger partial charge in [-0.25, -0.2) is 0 Å². The van der Waals surface area contributed by atoms with E-state index in [0.717, 1.165) is 0 Å². The number of carbonyl (C=O) groups excluding carboxylic acids is 3. The SMILES string of the molecule is C=C[C@]12CCC(=O)C[C@H]1CC(C(=O)OC)(C(=O)OC)C2. The number of fused-ring (bicyclic) bond motifs is 1. The third kappa shape index (κ3) is 1.96. The van der Waals surface area contributed by atoms with E-state index >= 15 is 0 Å². The summed E-state index contributed by atoms with van der Waals surface area (Å²) >= 11 is 0. The van der Waals surface area contributed by atoms with E-state index in [4.69, 9.17) is 9.47 Å². The fourth-order valence-corrected chi connectivity index (χ4v) is 3.85. The Labute approximate surface area is 118 Å². The molecule has 5 heteroatoms. The van der Waals surface area contributed by atoms with Crippen molar-refractivity contribution in [2.45, 2.75) is 32.1 Å². The number of methoxy groups -OCH3 is 2. The van der Waals surface area contributed by atoms with Crippen molar-refractivity contribution in [2.24, 2.45) is 16.7 Å². The Hall–Kier alpha value is -1.65. The van der Waals surface area contributed by atoms with E-state index in [9.17, 15) is 14.4 Å². The first-order chi connectivity index (χ1) is 9.44. The molecule has 0 spiro atoms. The molecule has 0 aromatic heterocycles. The molecule has 0 radical (unpaired) electrons. The number of hydrogen-bond acceptors (Lipinski definition) is 5. The summed E-state index contributed by atoms with van der Waals surface area (Å²) in [4.78, 5) is 36.0. The monoisotopic (exact) mass is 280 g/mol. The Kier molecular flexibility index (Phi) is 3.71. The highest BCUT2D eigenvalue weighted by atomic mass is 16.5. The van der Waals surface area contributed by atoms with Crippen molar-refractivity contribution in [3.63, 3.8) is 0 Å². The summed E-state index contributed by atoms with van der Waals surface area (Å²) in [6, 6.07) is 0. The van der Waals surface area contributed by atoms with Crippen LogP contribution in [0.25, 0.3) is 0 Å². The highest BCUT2D eigenvalue weighted by Crippen LogP contribution is 2.60. The van der Waals surface area contributed by atoms with Crippen molar-refractivity contribution in [3.05, 3.63) is 12.7 Å². The molecule has 20 heavy (non-hydrogen) atoms. The fraction of sp³-hybridized carbons (Fsp3) is 0.667. The van der Waals surface area contributed by atoms with Crippen LogP contribution in [0.2, 0.25) is 0 Å². The maximum atomic E-state index is 12.2. The molecule has 2 fully saturated rings. The van der Waals surface area contributed by atoms with Crippen molar-refractivity contribution < 1.29 is 23.9 Å². The second-order valence-corrected chi connectivity index (χ2v) is 5.82. The van der Waals surface area contributed by atoms with Gasteiger partial charge in [0.2, 0.25) is 0 Å². The third-order valence-electron chi connectivity index (χ3n) is 4.94. The molecule has 2 aliphatic rings. The quantitative estimate of drug-likeness (QED) is 0.446. The first kappa shape index (κ1) is 14.8. The molecule has 0 aromatic rings. The number of allylic oxidation sites excluding steroid dienone is 1. The van der Waals surface area contributed by atoms with Crippen LogP contribution in [0.3, 0.4) is 0 Å². The zero-order valence-electron chi connectivity index (χ0n) is 11.9. The second-order valence-electron chi connectivity index (χ2n) is 5.82. The van der Waals surface area contributed by atoms with Gasteiger partial charge in [0.05, 0.1) is 14.2 Å². The Morgan fingerprint density at radius 2 is 1.90 bits per heavy atom. The van der Waals surface area contributed by atoms with Crippen molar-refractivity contribution in [1.29, 1.82) is 0 Å². The van der Waals surface area contributed by atoms with Gasteiger partial charge in [0.15, 0.2) is 5.41 Å². The Balaban J connectivity index is 2.42. The van der Waals surface area contributed by atoms with Crippen LogP contribution in [0.5, 0.6) is 0 Å². The second kappa shape index (κ2) is 5.04. The molecule has 0 unspecified atom stereocenters. The minimum Gasteiger partial charge on any atom is -0.468 e. The smallest absolute Gasteiger partial charge is 0.323 e. The molecule has 2 saturated carbocycles. The van der Waals surface area contributed by atoms with Crippen LogP contribution in [-0.2, 0) is 23.9 Å². The van der Waals surface area contributed by atoms with Gasteiger partial charge in [0.1, 0.15) is 5.78 Å². The Bertz CT molecular complexity index is 451. The Morgan fingerprint density at radius 3 is 2.40 bits per heavy atom. The average Bonchev–Trinajstić information content (AvgIpc) is 2.81. The molecule has 0 aromatic carbocycles. The van der Waals surface area contributed by atoms with Gasteiger partial charge in [0, 0.05) is 12.8 Å². The van der Waals surface area contributed by atoms with Gasteiger partial charge in [-0.05, 0) is 30.6 Å². The van der Waals surface area contributed by atoms with Crippen LogP contribution < -0.4 is 0 Å². The zero-order valence-corrected chi connectivity index (χ0v) is 11.9. The van der Waals surface area contributed by atoms with E-state index in [1.165, 1.54) is 14.2 Å². The summed E-state index contributed by atoms with van der Waals surface area (Å²) in [5.74, 6) is -1.02. The molecule has 0 amide bonds. The van der Waals surface area contributed by atoms with Crippen LogP contribution in [-0.4, -0.2) is 31.9 Å². The highest BCUT2D eigenvalue weighted by Gasteiger charge is 2.63. The summed E-state index contributed by atoms with van der Waals surface area (Å²) in [6.07, 6.45) is 3.92. The molecule has 2 rings (SSSR count). The lowest BCUT2D eigenvalue weighted by molar-refractivity contribution is -0.169. The number of esters is 2. The molecule has 0 heterocycles. The highest BCUT2D eigenvalue weighted by molar-refractivity contribution is 6.00. The summed E-state index contributed by atoms with van der Waals surface area (Å²) in [5, 5.41) is 0. The topological polar surface area (TPSA) is 69.7 Å². The van der Waals surface area contributed by atoms with Crippen LogP contribution >= 0.6 is 0 Å². The lowest BCUT2D eigenvalue weighted by Gasteiger charge is -2.36. The number of rotatable bonds is 3. The predicted octanol–water partition coefficient (Wildman–Crippen LogP) is 1.65. The van der Waals surface area contributed by atoms with E-state index < -0.39 is 17.4 Å². The van der Waals surface area contributed by atoms with E-state index in [1.807, 2.05) is 0 Å². The molecule has 0 saturated heterocycles. The molecule has 2 aliphatic carbocycles. The fourth-order valence-electron chi connectivity index (χ4n) is 3.85. The largest absolute Gasteiger partial charge is 0.468 e. The van der Waals surface area contributed by atoms with Crippen LogP contribution in [0.4, 0.5) is 0 Å². The third-order valence-corrected chi connectivity index (χ3v) is 4.94. The summed E-state index contributed by atoms with van der Waals surface area (Å²) in [7, 11) is 2.53. The summed E-state index contributed by atoms with van der Waals surface area (Å²) in [5.41, 5.74) is -1.65. The summed E-state index contributed by atoms with van der Waals surface area (Å²) < 4.78 is 9.65. The Morgan fingerprint density at radius 1 is 1.30 bits per heavy atom. The average molecular weight is 280 g/mol. The van der Waals surface area contributed by atoms with Crippen molar-refractivity contribution in [2.75, 3.05) is 14.2 Å². The number of Topliss-reactive ketones (excluding diaryl/α,β-unsaturated/α-hetero) is 1. The standard InChI is InChI=1S/C15H20O5/c1-4-14-6-5-11(16)7-10(14)8-15(9-14,12(17)19-2)13(18)20-3/h4,10H,1,5-9H2,2-3H3/t10-,14+/m0/s1. The number of hydrogen-bond donors (Lipinski definition) is 0. The molecule has 0 N–H and O–H groups in total. The first-order valence-corrected chi connectivity index (χ1v) is 6.76. The van der Waals surface area contributed by atoms with Crippen molar-refractivity contribution >= 4 is 17.7 Å². The van der Waals surface area contributed by atoms with E-state index in [-0.39, 0.29) is 17.1 Å². The van der Waals surface area contributed by atoms with Crippen LogP contribution in [0, 0.1) is 16.7 Å². The van der Waals surface area contributed by atoms with Crippen LogP contribution in [0.15, 0.2) is 12.7 Å². The minimum absolute atomic E-state index is 0.0422. The molecular weight excluding hydrogens is 260 g/mol.